The van der Waals surface area contributed by atoms with Gasteiger partial charge in [-0.05, 0) is 28.5 Å². The molecule has 0 aliphatic rings. The van der Waals surface area contributed by atoms with E-state index < -0.39 is 4.92 Å². The molecule has 9 nitrogen and oxygen atoms in total. The molecule has 0 amide bonds. The number of rotatable bonds is 8. The van der Waals surface area contributed by atoms with Gasteiger partial charge in [0.25, 0.3) is 0 Å². The number of hydrogen-bond acceptors (Lipinski definition) is 6. The predicted molar refractivity (Wildman–Crippen MR) is 99.6 cm³/mol. The van der Waals surface area contributed by atoms with Crippen molar-refractivity contribution in [1.82, 2.24) is 24.5 Å². The van der Waals surface area contributed by atoms with Gasteiger partial charge >= 0.3 is 5.82 Å². The van der Waals surface area contributed by atoms with Crippen LogP contribution in [0.4, 0.5) is 5.82 Å². The Bertz CT molecular complexity index is 942. The topological polar surface area (TPSA) is 112 Å². The normalized spacial score (nSPS) is 11.3. The summed E-state index contributed by atoms with van der Waals surface area (Å²) in [5.41, 5.74) is 2.69. The number of aliphatic hydroxyl groups is 1. The number of imidazole rings is 1. The van der Waals surface area contributed by atoms with E-state index in [0.717, 1.165) is 12.0 Å². The summed E-state index contributed by atoms with van der Waals surface area (Å²) in [5, 5.41) is 28.0. The molecular weight excluding hydrogens is 348 g/mol. The van der Waals surface area contributed by atoms with Gasteiger partial charge in [-0.15, -0.1) is 5.10 Å². The minimum absolute atomic E-state index is 0.0847. The van der Waals surface area contributed by atoms with Crippen LogP contribution in [0.5, 0.6) is 0 Å². The lowest BCUT2D eigenvalue weighted by Gasteiger charge is -2.03. The minimum Gasteiger partial charge on any atom is -0.390 e. The van der Waals surface area contributed by atoms with E-state index in [1.807, 2.05) is 18.2 Å². The Balaban J connectivity index is 1.79. The number of nitro groups is 1. The fourth-order valence-corrected chi connectivity index (χ4v) is 2.65. The van der Waals surface area contributed by atoms with Crippen molar-refractivity contribution in [2.75, 3.05) is 0 Å². The molecule has 0 fully saturated rings. The van der Waals surface area contributed by atoms with Crippen LogP contribution in [0.3, 0.4) is 0 Å². The van der Waals surface area contributed by atoms with E-state index >= 15 is 0 Å². The van der Waals surface area contributed by atoms with Crippen molar-refractivity contribution in [1.29, 1.82) is 0 Å². The molecule has 0 atom stereocenters. The van der Waals surface area contributed by atoms with Gasteiger partial charge in [-0.25, -0.2) is 14.2 Å². The second kappa shape index (κ2) is 8.37. The maximum absolute atomic E-state index is 11.3. The fraction of sp³-hybridized carbons (Fsp3) is 0.278. The number of aryl methyl sites for hydroxylation is 2. The summed E-state index contributed by atoms with van der Waals surface area (Å²) in [6, 6.07) is 8.11. The highest BCUT2D eigenvalue weighted by Crippen LogP contribution is 2.17. The first-order valence-electron chi connectivity index (χ1n) is 8.57. The molecule has 2 aromatic heterocycles. The lowest BCUT2D eigenvalue weighted by Crippen LogP contribution is -2.11. The lowest BCUT2D eigenvalue weighted by molar-refractivity contribution is -0.392. The average molecular weight is 368 g/mol. The smallest absolute Gasteiger partial charge is 0.343 e. The Kier molecular flexibility index (Phi) is 5.72. The number of aromatic nitrogens is 5. The zero-order valence-corrected chi connectivity index (χ0v) is 14.9. The third-order valence-electron chi connectivity index (χ3n) is 4.17. The molecule has 1 N–H and O–H groups in total. The summed E-state index contributed by atoms with van der Waals surface area (Å²) in [7, 11) is 0. The van der Waals surface area contributed by atoms with E-state index in [1.54, 1.807) is 12.3 Å². The van der Waals surface area contributed by atoms with E-state index in [-0.39, 0.29) is 12.4 Å². The van der Waals surface area contributed by atoms with Gasteiger partial charge in [0.2, 0.25) is 5.82 Å². The monoisotopic (exact) mass is 368 g/mol. The van der Waals surface area contributed by atoms with Crippen LogP contribution in [0.25, 0.3) is 12.2 Å². The third kappa shape index (κ3) is 4.45. The summed E-state index contributed by atoms with van der Waals surface area (Å²) in [5.74, 6) is 0.405. The number of hydrogen-bond donors (Lipinski definition) is 1. The fourth-order valence-electron chi connectivity index (χ4n) is 2.65. The Morgan fingerprint density at radius 2 is 2.00 bits per heavy atom. The summed E-state index contributed by atoms with van der Waals surface area (Å²) >= 11 is 0. The van der Waals surface area contributed by atoms with Crippen LogP contribution >= 0.6 is 0 Å². The SMILES string of the molecule is CCc1ccc(/C=C/c2ncc([N+](=O)[O-])n2CCn2cc(CO)nn2)cc1. The van der Waals surface area contributed by atoms with Gasteiger partial charge in [0.1, 0.15) is 18.4 Å². The maximum Gasteiger partial charge on any atom is 0.343 e. The average Bonchev–Trinajstić information content (AvgIpc) is 3.31. The molecular formula is C18H20N6O3. The van der Waals surface area contributed by atoms with Gasteiger partial charge in [0.05, 0.1) is 19.3 Å². The molecule has 0 saturated heterocycles. The second-order valence-electron chi connectivity index (χ2n) is 5.94. The standard InChI is InChI=1S/C18H20N6O3/c1-2-14-3-5-15(6-4-14)7-8-17-19-11-18(24(26)27)23(17)10-9-22-12-16(13-25)20-21-22/h3-8,11-12,25H,2,9-10,13H2,1H3/b8-7+. The van der Waals surface area contributed by atoms with Gasteiger partial charge in [-0.2, -0.15) is 0 Å². The molecule has 3 aromatic rings. The largest absolute Gasteiger partial charge is 0.390 e. The zero-order chi connectivity index (χ0) is 19.2. The Morgan fingerprint density at radius 3 is 2.63 bits per heavy atom. The summed E-state index contributed by atoms with van der Waals surface area (Å²) in [6.07, 6.45) is 7.46. The van der Waals surface area contributed by atoms with E-state index in [0.29, 0.717) is 24.6 Å². The third-order valence-corrected chi connectivity index (χ3v) is 4.17. The maximum atomic E-state index is 11.3. The van der Waals surface area contributed by atoms with Crippen molar-refractivity contribution < 1.29 is 10.0 Å². The highest BCUT2D eigenvalue weighted by Gasteiger charge is 2.18. The first-order valence-corrected chi connectivity index (χ1v) is 8.57. The Labute approximate surface area is 155 Å². The predicted octanol–water partition coefficient (Wildman–Crippen LogP) is 2.31. The van der Waals surface area contributed by atoms with E-state index in [1.165, 1.54) is 21.0 Å². The van der Waals surface area contributed by atoms with Crippen molar-refractivity contribution in [2.24, 2.45) is 0 Å². The first kappa shape index (κ1) is 18.5. The molecule has 9 heteroatoms. The van der Waals surface area contributed by atoms with Crippen molar-refractivity contribution in [2.45, 2.75) is 33.0 Å². The quantitative estimate of drug-likeness (QED) is 0.482. The molecule has 0 radical (unpaired) electrons. The van der Waals surface area contributed by atoms with Crippen LogP contribution in [0.15, 0.2) is 36.7 Å². The van der Waals surface area contributed by atoms with Crippen LogP contribution in [-0.2, 0) is 26.1 Å². The summed E-state index contributed by atoms with van der Waals surface area (Å²) in [4.78, 5) is 15.0. The van der Waals surface area contributed by atoms with Crippen LogP contribution in [-0.4, -0.2) is 34.6 Å². The molecule has 0 bridgehead atoms. The molecule has 0 saturated carbocycles. The molecule has 0 unspecified atom stereocenters. The minimum atomic E-state index is -0.457. The van der Waals surface area contributed by atoms with Crippen LogP contribution in [0.2, 0.25) is 0 Å². The first-order chi connectivity index (χ1) is 13.1. The van der Waals surface area contributed by atoms with Crippen LogP contribution < -0.4 is 0 Å². The highest BCUT2D eigenvalue weighted by molar-refractivity contribution is 5.67. The van der Waals surface area contributed by atoms with Crippen molar-refractivity contribution >= 4 is 18.0 Å². The van der Waals surface area contributed by atoms with Crippen LogP contribution in [0, 0.1) is 10.1 Å². The van der Waals surface area contributed by atoms with Crippen molar-refractivity contribution in [3.63, 3.8) is 0 Å². The van der Waals surface area contributed by atoms with Gasteiger partial charge in [0.15, 0.2) is 0 Å². The zero-order valence-electron chi connectivity index (χ0n) is 14.9. The molecule has 0 spiro atoms. The van der Waals surface area contributed by atoms with E-state index in [9.17, 15) is 10.1 Å². The molecule has 0 aliphatic carbocycles. The Morgan fingerprint density at radius 1 is 1.22 bits per heavy atom. The molecule has 3 rings (SSSR count). The number of aliphatic hydroxyl groups excluding tert-OH is 1. The molecule has 0 aliphatic heterocycles. The number of benzene rings is 1. The lowest BCUT2D eigenvalue weighted by atomic mass is 10.1. The molecule has 27 heavy (non-hydrogen) atoms. The van der Waals surface area contributed by atoms with Gasteiger partial charge in [-0.1, -0.05) is 36.4 Å². The van der Waals surface area contributed by atoms with Gasteiger partial charge in [0, 0.05) is 6.08 Å². The molecule has 140 valence electrons. The van der Waals surface area contributed by atoms with Gasteiger partial charge in [-0.3, -0.25) is 0 Å². The Hall–Kier alpha value is -3.33. The van der Waals surface area contributed by atoms with E-state index in [2.05, 4.69) is 34.4 Å². The summed E-state index contributed by atoms with van der Waals surface area (Å²) < 4.78 is 3.06. The van der Waals surface area contributed by atoms with Crippen molar-refractivity contribution in [3.05, 3.63) is 69.4 Å². The van der Waals surface area contributed by atoms with E-state index in [4.69, 9.17) is 5.11 Å². The summed E-state index contributed by atoms with van der Waals surface area (Å²) in [6.45, 7) is 2.57. The second-order valence-corrected chi connectivity index (χ2v) is 5.94. The van der Waals surface area contributed by atoms with Crippen molar-refractivity contribution in [3.8, 4) is 0 Å². The highest BCUT2D eigenvalue weighted by atomic mass is 16.6. The number of nitrogens with zero attached hydrogens (tertiary/aromatic N) is 6. The van der Waals surface area contributed by atoms with Crippen LogP contribution in [0.1, 0.15) is 29.6 Å². The molecule has 1 aromatic carbocycles. The van der Waals surface area contributed by atoms with Gasteiger partial charge < -0.3 is 15.2 Å². The molecule has 2 heterocycles.